The van der Waals surface area contributed by atoms with Crippen LogP contribution in [0.2, 0.25) is 0 Å². The van der Waals surface area contributed by atoms with Crippen molar-refractivity contribution in [1.29, 1.82) is 5.26 Å². The molecule has 1 saturated carbocycles. The minimum absolute atomic E-state index is 0.1000. The number of anilines is 1. The second-order valence-electron chi connectivity index (χ2n) is 4.08. The lowest BCUT2D eigenvalue weighted by molar-refractivity contribution is 0.623. The monoisotopic (exact) mass is 204 g/mol. The highest BCUT2D eigenvalue weighted by Gasteiger charge is 2.27. The van der Waals surface area contributed by atoms with Crippen molar-refractivity contribution in [3.8, 4) is 6.07 Å². The highest BCUT2D eigenvalue weighted by molar-refractivity contribution is 5.50. The number of rotatable bonds is 3. The lowest BCUT2D eigenvalue weighted by Crippen LogP contribution is -2.17. The minimum Gasteiger partial charge on any atom is -0.382 e. The van der Waals surface area contributed by atoms with Crippen molar-refractivity contribution in [2.24, 2.45) is 5.92 Å². The number of hydrogen-bond donors (Lipinski definition) is 1. The second-order valence-corrected chi connectivity index (χ2v) is 4.08. The van der Waals surface area contributed by atoms with Gasteiger partial charge in [0.2, 0.25) is 0 Å². The molecule has 0 radical (unpaired) electrons. The van der Waals surface area contributed by atoms with Crippen molar-refractivity contribution >= 4 is 5.69 Å². The van der Waals surface area contributed by atoms with Crippen molar-refractivity contribution in [2.45, 2.75) is 25.8 Å². The fourth-order valence-electron chi connectivity index (χ4n) is 1.68. The molecule has 1 aromatic rings. The Morgan fingerprint density at radius 1 is 1.53 bits per heavy atom. The molecule has 1 unspecified atom stereocenters. The molecule has 2 rings (SSSR count). The molecule has 0 aromatic heterocycles. The van der Waals surface area contributed by atoms with Crippen LogP contribution in [0.25, 0.3) is 0 Å². The number of halogens is 1. The number of nitrogens with zero attached hydrogens (tertiary/aromatic N) is 1. The molecule has 15 heavy (non-hydrogen) atoms. The van der Waals surface area contributed by atoms with E-state index >= 15 is 0 Å². The van der Waals surface area contributed by atoms with Gasteiger partial charge in [-0.15, -0.1) is 0 Å². The summed E-state index contributed by atoms with van der Waals surface area (Å²) in [5.74, 6) is 0.280. The molecule has 1 atom stereocenters. The van der Waals surface area contributed by atoms with Crippen LogP contribution in [0.1, 0.15) is 25.3 Å². The van der Waals surface area contributed by atoms with Gasteiger partial charge in [0.1, 0.15) is 11.9 Å². The molecule has 0 bridgehead atoms. The van der Waals surface area contributed by atoms with Crippen LogP contribution in [0, 0.1) is 23.1 Å². The maximum atomic E-state index is 13.0. The summed E-state index contributed by atoms with van der Waals surface area (Å²) in [6, 6.07) is 6.82. The third-order valence-electron chi connectivity index (χ3n) is 2.81. The largest absolute Gasteiger partial charge is 0.382 e. The van der Waals surface area contributed by atoms with Gasteiger partial charge in [-0.1, -0.05) is 0 Å². The maximum Gasteiger partial charge on any atom is 0.141 e. The first-order valence-electron chi connectivity index (χ1n) is 5.17. The summed E-state index contributed by atoms with van der Waals surface area (Å²) in [5, 5.41) is 12.0. The predicted molar refractivity (Wildman–Crippen MR) is 56.9 cm³/mol. The molecule has 3 heteroatoms. The summed E-state index contributed by atoms with van der Waals surface area (Å²) in [6.45, 7) is 2.12. The van der Waals surface area contributed by atoms with E-state index in [0.717, 1.165) is 11.6 Å². The summed E-state index contributed by atoms with van der Waals surface area (Å²) < 4.78 is 13.0. The molecule has 1 N–H and O–H groups in total. The Balaban J connectivity index is 2.11. The average Bonchev–Trinajstić information content (AvgIpc) is 3.04. The minimum atomic E-state index is -0.456. The van der Waals surface area contributed by atoms with Crippen LogP contribution in [0.5, 0.6) is 0 Å². The van der Waals surface area contributed by atoms with E-state index in [-0.39, 0.29) is 5.56 Å². The number of benzene rings is 1. The van der Waals surface area contributed by atoms with Gasteiger partial charge in [0.05, 0.1) is 5.56 Å². The highest BCUT2D eigenvalue weighted by atomic mass is 19.1. The number of hydrogen-bond acceptors (Lipinski definition) is 2. The van der Waals surface area contributed by atoms with Crippen LogP contribution in [0.3, 0.4) is 0 Å². The van der Waals surface area contributed by atoms with Crippen molar-refractivity contribution in [1.82, 2.24) is 0 Å². The molecule has 0 saturated heterocycles. The highest BCUT2D eigenvalue weighted by Crippen LogP contribution is 2.34. The Morgan fingerprint density at radius 2 is 2.27 bits per heavy atom. The van der Waals surface area contributed by atoms with E-state index in [9.17, 15) is 4.39 Å². The molecule has 78 valence electrons. The van der Waals surface area contributed by atoms with Crippen molar-refractivity contribution in [3.63, 3.8) is 0 Å². The van der Waals surface area contributed by atoms with Gasteiger partial charge in [0.15, 0.2) is 0 Å². The fourth-order valence-corrected chi connectivity index (χ4v) is 1.68. The van der Waals surface area contributed by atoms with Gasteiger partial charge in [0.25, 0.3) is 0 Å². The summed E-state index contributed by atoms with van der Waals surface area (Å²) in [5.41, 5.74) is 0.926. The molecule has 0 amide bonds. The Bertz CT molecular complexity index is 405. The standard InChI is InChI=1S/C12H13FN2/c1-8(9-2-3-9)15-11-4-5-12(13)10(6-11)7-14/h4-6,8-9,15H,2-3H2,1H3. The lowest BCUT2D eigenvalue weighted by Gasteiger charge is -2.14. The summed E-state index contributed by atoms with van der Waals surface area (Å²) in [6.07, 6.45) is 2.53. The van der Waals surface area contributed by atoms with E-state index in [1.54, 1.807) is 12.1 Å². The van der Waals surface area contributed by atoms with Crippen LogP contribution < -0.4 is 5.32 Å². The summed E-state index contributed by atoms with van der Waals surface area (Å²) in [7, 11) is 0. The van der Waals surface area contributed by atoms with Gasteiger partial charge in [-0.3, -0.25) is 0 Å². The molecular formula is C12H13FN2. The Labute approximate surface area is 88.7 Å². The number of nitrogens with one attached hydrogen (secondary N) is 1. The van der Waals surface area contributed by atoms with E-state index in [2.05, 4.69) is 12.2 Å². The van der Waals surface area contributed by atoms with Crippen LogP contribution in [-0.2, 0) is 0 Å². The molecule has 0 spiro atoms. The van der Waals surface area contributed by atoms with Gasteiger partial charge >= 0.3 is 0 Å². The SMILES string of the molecule is CC(Nc1ccc(F)c(C#N)c1)C1CC1. The molecule has 0 aliphatic heterocycles. The second kappa shape index (κ2) is 3.90. The summed E-state index contributed by atoms with van der Waals surface area (Å²) in [4.78, 5) is 0. The molecular weight excluding hydrogens is 191 g/mol. The molecule has 1 aliphatic carbocycles. The fraction of sp³-hybridized carbons (Fsp3) is 0.417. The predicted octanol–water partition coefficient (Wildman–Crippen LogP) is 2.91. The third-order valence-corrected chi connectivity index (χ3v) is 2.81. The van der Waals surface area contributed by atoms with Crippen LogP contribution in [0.4, 0.5) is 10.1 Å². The molecule has 1 fully saturated rings. The Kier molecular flexibility index (Phi) is 2.59. The van der Waals surface area contributed by atoms with Gasteiger partial charge in [-0.05, 0) is 43.9 Å². The zero-order chi connectivity index (χ0) is 10.8. The van der Waals surface area contributed by atoms with E-state index in [1.165, 1.54) is 18.9 Å². The molecule has 0 heterocycles. The van der Waals surface area contributed by atoms with Gasteiger partial charge < -0.3 is 5.32 Å². The topological polar surface area (TPSA) is 35.8 Å². The van der Waals surface area contributed by atoms with E-state index in [0.29, 0.717) is 6.04 Å². The first-order chi connectivity index (χ1) is 7.20. The van der Waals surface area contributed by atoms with Crippen LogP contribution in [-0.4, -0.2) is 6.04 Å². The van der Waals surface area contributed by atoms with Crippen molar-refractivity contribution < 1.29 is 4.39 Å². The van der Waals surface area contributed by atoms with E-state index < -0.39 is 5.82 Å². The lowest BCUT2D eigenvalue weighted by atomic mass is 10.1. The van der Waals surface area contributed by atoms with Gasteiger partial charge in [0, 0.05) is 11.7 Å². The average molecular weight is 204 g/mol. The first-order valence-corrected chi connectivity index (χ1v) is 5.17. The zero-order valence-corrected chi connectivity index (χ0v) is 8.63. The normalized spacial score (nSPS) is 16.9. The van der Waals surface area contributed by atoms with Crippen LogP contribution in [0.15, 0.2) is 18.2 Å². The van der Waals surface area contributed by atoms with Crippen molar-refractivity contribution in [3.05, 3.63) is 29.6 Å². The summed E-state index contributed by atoms with van der Waals surface area (Å²) >= 11 is 0. The maximum absolute atomic E-state index is 13.0. The molecule has 2 nitrogen and oxygen atoms in total. The number of nitriles is 1. The first kappa shape index (κ1) is 9.97. The Hall–Kier alpha value is -1.56. The van der Waals surface area contributed by atoms with Crippen LogP contribution >= 0.6 is 0 Å². The van der Waals surface area contributed by atoms with Gasteiger partial charge in [-0.25, -0.2) is 4.39 Å². The zero-order valence-electron chi connectivity index (χ0n) is 8.63. The van der Waals surface area contributed by atoms with E-state index in [4.69, 9.17) is 5.26 Å². The van der Waals surface area contributed by atoms with E-state index in [1.807, 2.05) is 6.07 Å². The Morgan fingerprint density at radius 3 is 2.87 bits per heavy atom. The smallest absolute Gasteiger partial charge is 0.141 e. The third kappa shape index (κ3) is 2.27. The molecule has 1 aromatic carbocycles. The molecule has 1 aliphatic rings. The quantitative estimate of drug-likeness (QED) is 0.821. The van der Waals surface area contributed by atoms with Gasteiger partial charge in [-0.2, -0.15) is 5.26 Å². The van der Waals surface area contributed by atoms with Crippen molar-refractivity contribution in [2.75, 3.05) is 5.32 Å².